The molecule has 0 aliphatic heterocycles. The van der Waals surface area contributed by atoms with Crippen LogP contribution in [0.3, 0.4) is 0 Å². The number of nitrogen functional groups attached to an aromatic ring is 2. The summed E-state index contributed by atoms with van der Waals surface area (Å²) in [5.74, 6) is 0. The predicted octanol–water partition coefficient (Wildman–Crippen LogP) is 4.30. The molecule has 0 amide bonds. The number of hydrogen-bond acceptors (Lipinski definition) is 6. The van der Waals surface area contributed by atoms with E-state index in [4.69, 9.17) is 16.6 Å². The van der Waals surface area contributed by atoms with Crippen LogP contribution in [0.5, 0.6) is 0 Å². The summed E-state index contributed by atoms with van der Waals surface area (Å²) in [5, 5.41) is 5.60. The van der Waals surface area contributed by atoms with Gasteiger partial charge < -0.3 is 20.7 Å². The molecule has 0 saturated carbocycles. The number of hydrogen-bond donors (Lipinski definition) is 4. The fraction of sp³-hybridized carbons (Fsp3) is 0.172. The standard InChI is InChI=1S/C29H30N4O4S2/c1-15-9-19(10-16(2)27(15)30)29(20-11-17(3)28(31)18(4)12-20)25-13-21(33-38(34)35)5-7-23(25)24-8-6-22(14-26(24)29)39(32,36)37/h5-14,33H,30-31H2,1-4H3,(H,34,35)(H2,32,36,37)/p-1. The van der Waals surface area contributed by atoms with Gasteiger partial charge in [0.15, 0.2) is 0 Å². The average molecular weight is 562 g/mol. The minimum Gasteiger partial charge on any atom is -0.755 e. The van der Waals surface area contributed by atoms with E-state index in [9.17, 15) is 17.2 Å². The molecule has 5 rings (SSSR count). The molecular weight excluding hydrogens is 532 g/mol. The van der Waals surface area contributed by atoms with Gasteiger partial charge in [-0.05, 0) is 108 Å². The van der Waals surface area contributed by atoms with Gasteiger partial charge in [-0.2, -0.15) is 0 Å². The summed E-state index contributed by atoms with van der Waals surface area (Å²) in [7, 11) is -4.03. The summed E-state index contributed by atoms with van der Waals surface area (Å²) >= 11 is -2.54. The highest BCUT2D eigenvalue weighted by atomic mass is 32.2. The van der Waals surface area contributed by atoms with Crippen LogP contribution in [0, 0.1) is 27.7 Å². The molecule has 0 heterocycles. The molecular formula is C29H29N4O4S2-. The van der Waals surface area contributed by atoms with Crippen molar-refractivity contribution in [1.29, 1.82) is 0 Å². The highest BCUT2D eigenvalue weighted by Gasteiger charge is 2.47. The zero-order chi connectivity index (χ0) is 28.4. The maximum atomic E-state index is 12.5. The Kier molecular flexibility index (Phi) is 6.34. The molecule has 4 aromatic carbocycles. The number of anilines is 3. The molecule has 0 spiro atoms. The third-order valence-corrected chi connectivity index (χ3v) is 9.01. The molecule has 1 aliphatic carbocycles. The second kappa shape index (κ2) is 9.20. The zero-order valence-electron chi connectivity index (χ0n) is 22.0. The summed E-state index contributed by atoms with van der Waals surface area (Å²) in [6.45, 7) is 7.70. The Balaban J connectivity index is 2.03. The van der Waals surface area contributed by atoms with Gasteiger partial charge in [-0.1, -0.05) is 36.4 Å². The molecule has 7 N–H and O–H groups in total. The number of aryl methyl sites for hydroxylation is 4. The van der Waals surface area contributed by atoms with Crippen LogP contribution in [0.1, 0.15) is 44.5 Å². The molecule has 0 saturated heterocycles. The van der Waals surface area contributed by atoms with Crippen molar-refractivity contribution in [3.63, 3.8) is 0 Å². The molecule has 202 valence electrons. The normalized spacial score (nSPS) is 14.5. The van der Waals surface area contributed by atoms with Gasteiger partial charge >= 0.3 is 0 Å². The van der Waals surface area contributed by atoms with Gasteiger partial charge in [-0.25, -0.2) is 13.6 Å². The number of fused-ring (bicyclic) bond motifs is 3. The van der Waals surface area contributed by atoms with E-state index in [1.54, 1.807) is 24.3 Å². The van der Waals surface area contributed by atoms with Crippen molar-refractivity contribution in [3.8, 4) is 11.1 Å². The van der Waals surface area contributed by atoms with Gasteiger partial charge in [0, 0.05) is 28.3 Å². The van der Waals surface area contributed by atoms with Gasteiger partial charge in [-0.15, -0.1) is 0 Å². The Morgan fingerprint density at radius 2 is 1.18 bits per heavy atom. The number of nitrogens with two attached hydrogens (primary N) is 3. The van der Waals surface area contributed by atoms with Crippen LogP contribution in [-0.4, -0.2) is 17.2 Å². The highest BCUT2D eigenvalue weighted by molar-refractivity contribution is 7.89. The highest BCUT2D eigenvalue weighted by Crippen LogP contribution is 2.58. The maximum absolute atomic E-state index is 12.5. The second-order valence-electron chi connectivity index (χ2n) is 10.1. The summed E-state index contributed by atoms with van der Waals surface area (Å²) < 4.78 is 50.7. The first-order valence-corrected chi connectivity index (χ1v) is 14.8. The molecule has 8 nitrogen and oxygen atoms in total. The van der Waals surface area contributed by atoms with Crippen molar-refractivity contribution >= 4 is 38.4 Å². The van der Waals surface area contributed by atoms with Gasteiger partial charge in [0.25, 0.3) is 0 Å². The van der Waals surface area contributed by atoms with Gasteiger partial charge in [0.05, 0.1) is 10.3 Å². The Morgan fingerprint density at radius 1 is 0.744 bits per heavy atom. The van der Waals surface area contributed by atoms with Crippen molar-refractivity contribution in [2.75, 3.05) is 16.2 Å². The monoisotopic (exact) mass is 561 g/mol. The summed E-state index contributed by atoms with van der Waals surface area (Å²) in [5.41, 5.74) is 21.7. The SMILES string of the molecule is Cc1cc(C2(c3cc(C)c(N)c(C)c3)c3cc(NS(=O)[O-])ccc3-c3ccc(S(N)(=O)=O)cc32)cc(C)c1N. The van der Waals surface area contributed by atoms with Crippen LogP contribution in [0.2, 0.25) is 0 Å². The van der Waals surface area contributed by atoms with Crippen LogP contribution in [0.4, 0.5) is 17.1 Å². The molecule has 0 bridgehead atoms. The largest absolute Gasteiger partial charge is 0.755 e. The molecule has 1 atom stereocenters. The van der Waals surface area contributed by atoms with Crippen LogP contribution >= 0.6 is 0 Å². The second-order valence-corrected chi connectivity index (χ2v) is 12.4. The first-order chi connectivity index (χ1) is 18.2. The Labute approximate surface area is 230 Å². The van der Waals surface area contributed by atoms with E-state index in [1.807, 2.05) is 58.0 Å². The van der Waals surface area contributed by atoms with Crippen molar-refractivity contribution in [3.05, 3.63) is 105 Å². The maximum Gasteiger partial charge on any atom is 0.238 e. The number of benzene rings is 4. The molecule has 0 fully saturated rings. The molecule has 10 heteroatoms. The van der Waals surface area contributed by atoms with Gasteiger partial charge in [0.2, 0.25) is 10.0 Å². The molecule has 4 aromatic rings. The van der Waals surface area contributed by atoms with Crippen molar-refractivity contribution < 1.29 is 17.2 Å². The summed E-state index contributed by atoms with van der Waals surface area (Å²) in [6.07, 6.45) is 0. The summed E-state index contributed by atoms with van der Waals surface area (Å²) in [4.78, 5) is -0.0229. The Morgan fingerprint density at radius 3 is 1.62 bits per heavy atom. The third-order valence-electron chi connectivity index (χ3n) is 7.69. The van der Waals surface area contributed by atoms with Crippen LogP contribution in [0.15, 0.2) is 65.6 Å². The lowest BCUT2D eigenvalue weighted by Crippen LogP contribution is -2.30. The topological polar surface area (TPSA) is 164 Å². The molecule has 1 aliphatic rings. The number of nitrogens with one attached hydrogen (secondary N) is 1. The van der Waals surface area contributed by atoms with Crippen LogP contribution in [0.25, 0.3) is 11.1 Å². The lowest BCUT2D eigenvalue weighted by molar-refractivity contribution is 0.542. The lowest BCUT2D eigenvalue weighted by atomic mass is 9.66. The molecule has 0 aromatic heterocycles. The van der Waals surface area contributed by atoms with E-state index in [-0.39, 0.29) is 4.90 Å². The minimum atomic E-state index is -4.03. The summed E-state index contributed by atoms with van der Waals surface area (Å²) in [6, 6.07) is 18.2. The Hall–Kier alpha value is -3.70. The van der Waals surface area contributed by atoms with E-state index < -0.39 is 26.7 Å². The number of sulfonamides is 1. The van der Waals surface area contributed by atoms with E-state index >= 15 is 0 Å². The van der Waals surface area contributed by atoms with Crippen LogP contribution < -0.4 is 21.3 Å². The van der Waals surface area contributed by atoms with Gasteiger partial charge in [0.1, 0.15) is 0 Å². The van der Waals surface area contributed by atoms with E-state index in [0.29, 0.717) is 22.6 Å². The van der Waals surface area contributed by atoms with Crippen molar-refractivity contribution in [2.45, 2.75) is 38.0 Å². The minimum absolute atomic E-state index is 0.0229. The fourth-order valence-corrected chi connectivity index (χ4v) is 6.67. The number of rotatable bonds is 5. The van der Waals surface area contributed by atoms with E-state index in [1.165, 1.54) is 6.07 Å². The third kappa shape index (κ3) is 4.20. The molecule has 0 radical (unpaired) electrons. The molecule has 39 heavy (non-hydrogen) atoms. The smallest absolute Gasteiger partial charge is 0.238 e. The molecule has 1 unspecified atom stereocenters. The van der Waals surface area contributed by atoms with E-state index in [2.05, 4.69) is 4.72 Å². The van der Waals surface area contributed by atoms with E-state index in [0.717, 1.165) is 50.1 Å². The fourth-order valence-electron chi connectivity index (χ4n) is 5.81. The first kappa shape index (κ1) is 26.9. The van der Waals surface area contributed by atoms with Crippen molar-refractivity contribution in [2.24, 2.45) is 5.14 Å². The quantitative estimate of drug-likeness (QED) is 0.184. The van der Waals surface area contributed by atoms with Crippen LogP contribution in [-0.2, 0) is 26.7 Å². The average Bonchev–Trinajstić information content (AvgIpc) is 3.14. The predicted molar refractivity (Wildman–Crippen MR) is 155 cm³/mol. The lowest BCUT2D eigenvalue weighted by Gasteiger charge is -2.36. The zero-order valence-corrected chi connectivity index (χ0v) is 23.6. The Bertz CT molecular complexity index is 1710. The first-order valence-electron chi connectivity index (χ1n) is 12.2. The van der Waals surface area contributed by atoms with Crippen molar-refractivity contribution in [1.82, 2.24) is 0 Å². The van der Waals surface area contributed by atoms with Gasteiger partial charge in [-0.3, -0.25) is 4.21 Å². The number of primary sulfonamides is 1.